The number of carbonyl (C=O) groups excluding carboxylic acids is 4. The summed E-state index contributed by atoms with van der Waals surface area (Å²) in [5.74, 6) is -0.635. The SMILES string of the molecule is CC(=O)Nc1ccc(C(=O)COC(=O)[C@H]2CS[C@@]3(C)CCC(=O)N23)cc1. The second-order valence-electron chi connectivity index (χ2n) is 6.55. The molecule has 2 heterocycles. The fraction of sp³-hybridized carbons (Fsp3) is 0.444. The molecule has 2 atom stereocenters. The van der Waals surface area contributed by atoms with Crippen LogP contribution in [-0.2, 0) is 19.1 Å². The molecule has 2 amide bonds. The van der Waals surface area contributed by atoms with E-state index in [2.05, 4.69) is 5.32 Å². The Morgan fingerprint density at radius 1 is 1.31 bits per heavy atom. The third-order valence-electron chi connectivity index (χ3n) is 4.59. The lowest BCUT2D eigenvalue weighted by atomic mass is 10.1. The van der Waals surface area contributed by atoms with Gasteiger partial charge < -0.3 is 15.0 Å². The van der Waals surface area contributed by atoms with E-state index in [-0.39, 0.29) is 29.1 Å². The molecule has 0 unspecified atom stereocenters. The molecule has 1 aromatic rings. The van der Waals surface area contributed by atoms with Crippen LogP contribution in [0.3, 0.4) is 0 Å². The van der Waals surface area contributed by atoms with Gasteiger partial charge in [-0.25, -0.2) is 4.79 Å². The first kappa shape index (κ1) is 18.4. The van der Waals surface area contributed by atoms with E-state index in [9.17, 15) is 19.2 Å². The van der Waals surface area contributed by atoms with Gasteiger partial charge in [-0.2, -0.15) is 0 Å². The summed E-state index contributed by atoms with van der Waals surface area (Å²) in [4.78, 5) is 48.9. The van der Waals surface area contributed by atoms with E-state index in [4.69, 9.17) is 4.74 Å². The Kier molecular flexibility index (Phi) is 5.04. The standard InChI is InChI=1S/C18H20N2O5S/c1-11(21)19-13-5-3-12(4-6-13)15(22)9-25-17(24)14-10-26-18(2)8-7-16(23)20(14)18/h3-6,14H,7-10H2,1-2H3,(H,19,21)/t14-,18+/m1/s1. The molecule has 2 aliphatic rings. The molecule has 1 aromatic carbocycles. The number of hydrogen-bond acceptors (Lipinski definition) is 6. The average molecular weight is 376 g/mol. The van der Waals surface area contributed by atoms with Gasteiger partial charge in [0.1, 0.15) is 6.04 Å². The van der Waals surface area contributed by atoms with E-state index in [0.717, 1.165) is 6.42 Å². The van der Waals surface area contributed by atoms with Gasteiger partial charge in [0.2, 0.25) is 11.8 Å². The van der Waals surface area contributed by atoms with Gasteiger partial charge in [0.15, 0.2) is 12.4 Å². The smallest absolute Gasteiger partial charge is 0.330 e. The molecule has 0 radical (unpaired) electrons. The Labute approximate surface area is 155 Å². The zero-order valence-corrected chi connectivity index (χ0v) is 15.4. The van der Waals surface area contributed by atoms with E-state index in [1.165, 1.54) is 6.92 Å². The van der Waals surface area contributed by atoms with Crippen LogP contribution < -0.4 is 5.32 Å². The van der Waals surface area contributed by atoms with Crippen LogP contribution in [-0.4, -0.2) is 51.7 Å². The van der Waals surface area contributed by atoms with E-state index >= 15 is 0 Å². The summed E-state index contributed by atoms with van der Waals surface area (Å²) in [7, 11) is 0. The highest BCUT2D eigenvalue weighted by molar-refractivity contribution is 8.01. The van der Waals surface area contributed by atoms with E-state index in [1.807, 2.05) is 6.92 Å². The summed E-state index contributed by atoms with van der Waals surface area (Å²) < 4.78 is 5.17. The lowest BCUT2D eigenvalue weighted by Crippen LogP contribution is -2.46. The molecule has 8 heteroatoms. The van der Waals surface area contributed by atoms with Crippen LogP contribution in [0.15, 0.2) is 24.3 Å². The first-order valence-electron chi connectivity index (χ1n) is 8.34. The van der Waals surface area contributed by atoms with E-state index in [0.29, 0.717) is 23.4 Å². The number of thioether (sulfide) groups is 1. The number of hydrogen-bond donors (Lipinski definition) is 1. The van der Waals surface area contributed by atoms with Crippen LogP contribution in [0.1, 0.15) is 37.0 Å². The minimum atomic E-state index is -0.630. The quantitative estimate of drug-likeness (QED) is 0.622. The maximum atomic E-state index is 12.4. The lowest BCUT2D eigenvalue weighted by molar-refractivity contribution is -0.152. The Morgan fingerprint density at radius 2 is 2.00 bits per heavy atom. The third-order valence-corrected chi connectivity index (χ3v) is 6.09. The monoisotopic (exact) mass is 376 g/mol. The molecule has 2 saturated heterocycles. The molecule has 7 nitrogen and oxygen atoms in total. The van der Waals surface area contributed by atoms with Crippen molar-refractivity contribution in [3.8, 4) is 0 Å². The van der Waals surface area contributed by atoms with Crippen LogP contribution in [0.2, 0.25) is 0 Å². The zero-order chi connectivity index (χ0) is 18.9. The largest absolute Gasteiger partial charge is 0.456 e. The van der Waals surface area contributed by atoms with E-state index in [1.54, 1.807) is 40.9 Å². The molecule has 2 aliphatic heterocycles. The van der Waals surface area contributed by atoms with Crippen molar-refractivity contribution in [1.29, 1.82) is 0 Å². The highest BCUT2D eigenvalue weighted by atomic mass is 32.2. The molecule has 0 aliphatic carbocycles. The van der Waals surface area contributed by atoms with Crippen molar-refractivity contribution in [2.45, 2.75) is 37.6 Å². The topological polar surface area (TPSA) is 92.8 Å². The maximum Gasteiger partial charge on any atom is 0.330 e. The van der Waals surface area contributed by atoms with E-state index < -0.39 is 12.0 Å². The van der Waals surface area contributed by atoms with Crippen molar-refractivity contribution < 1.29 is 23.9 Å². The predicted octanol–water partition coefficient (Wildman–Crippen LogP) is 1.82. The molecule has 26 heavy (non-hydrogen) atoms. The molecule has 0 bridgehead atoms. The molecular formula is C18H20N2O5S. The number of ketones is 1. The van der Waals surface area contributed by atoms with Gasteiger partial charge in [-0.15, -0.1) is 11.8 Å². The maximum absolute atomic E-state index is 12.4. The summed E-state index contributed by atoms with van der Waals surface area (Å²) in [6, 6.07) is 5.72. The highest BCUT2D eigenvalue weighted by Crippen LogP contribution is 2.47. The van der Waals surface area contributed by atoms with Crippen LogP contribution in [0.4, 0.5) is 5.69 Å². The van der Waals surface area contributed by atoms with Gasteiger partial charge in [0, 0.05) is 30.3 Å². The molecule has 0 spiro atoms. The van der Waals surface area contributed by atoms with Gasteiger partial charge in [-0.3, -0.25) is 14.4 Å². The lowest BCUT2D eigenvalue weighted by Gasteiger charge is -2.29. The molecule has 3 rings (SSSR count). The molecule has 2 fully saturated rings. The fourth-order valence-corrected chi connectivity index (χ4v) is 4.67. The van der Waals surface area contributed by atoms with Crippen molar-refractivity contribution >= 4 is 41.0 Å². The Bertz CT molecular complexity index is 763. The van der Waals surface area contributed by atoms with Crippen molar-refractivity contribution in [2.24, 2.45) is 0 Å². The van der Waals surface area contributed by atoms with Crippen LogP contribution in [0.25, 0.3) is 0 Å². The molecule has 0 saturated carbocycles. The number of nitrogens with one attached hydrogen (secondary N) is 1. The zero-order valence-electron chi connectivity index (χ0n) is 14.6. The first-order valence-corrected chi connectivity index (χ1v) is 9.32. The van der Waals surface area contributed by atoms with Crippen molar-refractivity contribution in [3.05, 3.63) is 29.8 Å². The number of rotatable bonds is 5. The normalized spacial score (nSPS) is 24.3. The molecule has 1 N–H and O–H groups in total. The number of benzene rings is 1. The van der Waals surface area contributed by atoms with Crippen molar-refractivity contribution in [2.75, 3.05) is 17.7 Å². The summed E-state index contributed by atoms with van der Waals surface area (Å²) in [5, 5.41) is 2.61. The summed E-state index contributed by atoms with van der Waals surface area (Å²) in [6.45, 7) is 2.98. The highest BCUT2D eigenvalue weighted by Gasteiger charge is 2.53. The Balaban J connectivity index is 1.57. The minimum absolute atomic E-state index is 0.0423. The summed E-state index contributed by atoms with van der Waals surface area (Å²) >= 11 is 1.58. The second-order valence-corrected chi connectivity index (χ2v) is 8.06. The number of ether oxygens (including phenoxy) is 1. The minimum Gasteiger partial charge on any atom is -0.456 e. The number of amides is 2. The third kappa shape index (κ3) is 3.60. The Morgan fingerprint density at radius 3 is 2.65 bits per heavy atom. The van der Waals surface area contributed by atoms with Gasteiger partial charge in [0.25, 0.3) is 0 Å². The van der Waals surface area contributed by atoms with Crippen molar-refractivity contribution in [1.82, 2.24) is 4.90 Å². The predicted molar refractivity (Wildman–Crippen MR) is 96.8 cm³/mol. The van der Waals surface area contributed by atoms with Gasteiger partial charge in [-0.1, -0.05) is 0 Å². The molecular weight excluding hydrogens is 356 g/mol. The number of fused-ring (bicyclic) bond motifs is 1. The fourth-order valence-electron chi connectivity index (χ4n) is 3.25. The van der Waals surface area contributed by atoms with Gasteiger partial charge >= 0.3 is 5.97 Å². The summed E-state index contributed by atoms with van der Waals surface area (Å²) in [5.41, 5.74) is 0.968. The number of carbonyl (C=O) groups is 4. The van der Waals surface area contributed by atoms with Crippen LogP contribution in [0.5, 0.6) is 0 Å². The molecule has 0 aromatic heterocycles. The van der Waals surface area contributed by atoms with Gasteiger partial charge in [0.05, 0.1) is 4.87 Å². The van der Waals surface area contributed by atoms with Crippen LogP contribution >= 0.6 is 11.8 Å². The number of nitrogens with zero attached hydrogens (tertiary/aromatic N) is 1. The number of Topliss-reactive ketones (excluding diaryl/α,β-unsaturated/α-hetero) is 1. The summed E-state index contributed by atoms with van der Waals surface area (Å²) in [6.07, 6.45) is 1.16. The second kappa shape index (κ2) is 7.11. The number of anilines is 1. The van der Waals surface area contributed by atoms with Gasteiger partial charge in [-0.05, 0) is 37.6 Å². The molecule has 138 valence electrons. The average Bonchev–Trinajstić information content (AvgIpc) is 3.09. The van der Waals surface area contributed by atoms with Crippen molar-refractivity contribution in [3.63, 3.8) is 0 Å². The number of esters is 1. The van der Waals surface area contributed by atoms with Crippen LogP contribution in [0, 0.1) is 0 Å². The Hall–Kier alpha value is -2.35. The first-order chi connectivity index (χ1) is 12.3.